The number of fused-ring (bicyclic) bond motifs is 1. The van der Waals surface area contributed by atoms with Crippen LogP contribution in [-0.4, -0.2) is 18.4 Å². The number of hydrogen-bond acceptors (Lipinski definition) is 2. The summed E-state index contributed by atoms with van der Waals surface area (Å²) in [6.45, 7) is -0.209. The molecule has 0 aliphatic carbocycles. The molecule has 0 heterocycles. The molecule has 0 aliphatic heterocycles. The highest BCUT2D eigenvalue weighted by atomic mass is 79.9. The number of rotatable bonds is 4. The summed E-state index contributed by atoms with van der Waals surface area (Å²) in [6.07, 6.45) is 0. The summed E-state index contributed by atoms with van der Waals surface area (Å²) in [5.41, 5.74) is 0.825. The number of benzene rings is 3. The summed E-state index contributed by atoms with van der Waals surface area (Å²) in [5.74, 6) is -1.41. The molecule has 0 spiro atoms. The van der Waals surface area contributed by atoms with Crippen LogP contribution in [0.2, 0.25) is 0 Å². The fourth-order valence-electron chi connectivity index (χ4n) is 2.43. The predicted molar refractivity (Wildman–Crippen MR) is 99.0 cm³/mol. The van der Waals surface area contributed by atoms with Gasteiger partial charge >= 0.3 is 0 Å². The van der Waals surface area contributed by atoms with E-state index < -0.39 is 11.7 Å². The summed E-state index contributed by atoms with van der Waals surface area (Å²) in [4.78, 5) is 24.1. The van der Waals surface area contributed by atoms with E-state index >= 15 is 0 Å². The van der Waals surface area contributed by atoms with Gasteiger partial charge in [-0.3, -0.25) is 9.59 Å². The maximum absolute atomic E-state index is 13.5. The summed E-state index contributed by atoms with van der Waals surface area (Å²) >= 11 is 3.03. The third-order valence-electron chi connectivity index (χ3n) is 3.66. The van der Waals surface area contributed by atoms with E-state index in [9.17, 15) is 14.0 Å². The van der Waals surface area contributed by atoms with E-state index in [2.05, 4.69) is 26.6 Å². The Balaban J connectivity index is 1.64. The lowest BCUT2D eigenvalue weighted by atomic mass is 10.1. The SMILES string of the molecule is O=C(CNC(=O)c1ccc(Br)c(F)c1)Nc1cccc2ccccc12. The Kier molecular flexibility index (Phi) is 5.09. The number of anilines is 1. The van der Waals surface area contributed by atoms with Gasteiger partial charge in [0.25, 0.3) is 5.91 Å². The first-order chi connectivity index (χ1) is 12.0. The monoisotopic (exact) mass is 400 g/mol. The fourth-order valence-corrected chi connectivity index (χ4v) is 2.68. The minimum atomic E-state index is -0.534. The molecule has 3 rings (SSSR count). The van der Waals surface area contributed by atoms with E-state index in [1.807, 2.05) is 36.4 Å². The summed E-state index contributed by atoms with van der Waals surface area (Å²) in [7, 11) is 0. The molecule has 3 aromatic rings. The Morgan fingerprint density at radius 2 is 1.76 bits per heavy atom. The summed E-state index contributed by atoms with van der Waals surface area (Å²) < 4.78 is 13.7. The molecule has 2 amide bonds. The standard InChI is InChI=1S/C19H14BrFN2O2/c20-15-9-8-13(10-16(15)21)19(25)22-11-18(24)23-17-7-3-5-12-4-1-2-6-14(12)17/h1-10H,11H2,(H,22,25)(H,23,24). The lowest BCUT2D eigenvalue weighted by molar-refractivity contribution is -0.115. The molecule has 3 aromatic carbocycles. The Labute approximate surface area is 152 Å². The number of amides is 2. The molecule has 0 fully saturated rings. The van der Waals surface area contributed by atoms with Gasteiger partial charge in [-0.15, -0.1) is 0 Å². The first-order valence-corrected chi connectivity index (χ1v) is 8.35. The van der Waals surface area contributed by atoms with Crippen LogP contribution in [0.1, 0.15) is 10.4 Å². The van der Waals surface area contributed by atoms with E-state index in [0.717, 1.165) is 16.8 Å². The average Bonchev–Trinajstić information content (AvgIpc) is 2.62. The van der Waals surface area contributed by atoms with Gasteiger partial charge in [0.1, 0.15) is 5.82 Å². The summed E-state index contributed by atoms with van der Waals surface area (Å²) in [6, 6.07) is 17.3. The second-order valence-corrected chi connectivity index (χ2v) is 6.24. The normalized spacial score (nSPS) is 10.5. The number of carbonyl (C=O) groups excluding carboxylic acids is 2. The van der Waals surface area contributed by atoms with Gasteiger partial charge in [0.15, 0.2) is 0 Å². The third kappa shape index (κ3) is 4.03. The molecular weight excluding hydrogens is 387 g/mol. The van der Waals surface area contributed by atoms with Gasteiger partial charge in [-0.25, -0.2) is 4.39 Å². The number of carbonyl (C=O) groups is 2. The number of nitrogens with one attached hydrogen (secondary N) is 2. The molecule has 0 aromatic heterocycles. The Morgan fingerprint density at radius 1 is 1.00 bits per heavy atom. The van der Waals surface area contributed by atoms with Crippen LogP contribution in [0.5, 0.6) is 0 Å². The number of hydrogen-bond donors (Lipinski definition) is 2. The smallest absolute Gasteiger partial charge is 0.251 e. The minimum absolute atomic E-state index is 0.152. The van der Waals surface area contributed by atoms with Crippen molar-refractivity contribution in [1.82, 2.24) is 5.32 Å². The maximum atomic E-state index is 13.5. The zero-order valence-corrected chi connectivity index (χ0v) is 14.6. The Hall–Kier alpha value is -2.73. The van der Waals surface area contributed by atoms with Crippen LogP contribution < -0.4 is 10.6 Å². The van der Waals surface area contributed by atoms with Gasteiger partial charge in [-0.05, 0) is 45.6 Å². The first kappa shape index (κ1) is 17.1. The van der Waals surface area contributed by atoms with Crippen LogP contribution in [-0.2, 0) is 4.79 Å². The maximum Gasteiger partial charge on any atom is 0.251 e. The van der Waals surface area contributed by atoms with Gasteiger partial charge in [-0.1, -0.05) is 36.4 Å². The average molecular weight is 401 g/mol. The fraction of sp³-hybridized carbons (Fsp3) is 0.0526. The van der Waals surface area contributed by atoms with Crippen molar-refractivity contribution in [2.45, 2.75) is 0 Å². The largest absolute Gasteiger partial charge is 0.343 e. The molecule has 2 N–H and O–H groups in total. The van der Waals surface area contributed by atoms with Gasteiger partial charge in [0.2, 0.25) is 5.91 Å². The van der Waals surface area contributed by atoms with E-state index in [1.54, 1.807) is 6.07 Å². The van der Waals surface area contributed by atoms with E-state index in [4.69, 9.17) is 0 Å². The third-order valence-corrected chi connectivity index (χ3v) is 4.30. The van der Waals surface area contributed by atoms with Crippen LogP contribution in [0.3, 0.4) is 0 Å². The molecule has 0 atom stereocenters. The first-order valence-electron chi connectivity index (χ1n) is 7.55. The van der Waals surface area contributed by atoms with E-state index in [0.29, 0.717) is 5.69 Å². The minimum Gasteiger partial charge on any atom is -0.343 e. The van der Waals surface area contributed by atoms with Crippen LogP contribution in [0.15, 0.2) is 65.1 Å². The zero-order chi connectivity index (χ0) is 17.8. The van der Waals surface area contributed by atoms with E-state index in [-0.39, 0.29) is 22.5 Å². The molecule has 0 bridgehead atoms. The highest BCUT2D eigenvalue weighted by Gasteiger charge is 2.11. The van der Waals surface area contributed by atoms with Crippen molar-refractivity contribution in [3.05, 3.63) is 76.5 Å². The molecule has 6 heteroatoms. The Morgan fingerprint density at radius 3 is 2.56 bits per heavy atom. The zero-order valence-electron chi connectivity index (χ0n) is 13.1. The second-order valence-electron chi connectivity index (χ2n) is 5.39. The van der Waals surface area contributed by atoms with Gasteiger partial charge in [-0.2, -0.15) is 0 Å². The lowest BCUT2D eigenvalue weighted by Gasteiger charge is -2.10. The van der Waals surface area contributed by atoms with Crippen LogP contribution >= 0.6 is 15.9 Å². The molecule has 0 unspecified atom stereocenters. The van der Waals surface area contributed by atoms with Crippen LogP contribution in [0, 0.1) is 5.82 Å². The van der Waals surface area contributed by atoms with Crippen LogP contribution in [0.4, 0.5) is 10.1 Å². The summed E-state index contributed by atoms with van der Waals surface area (Å²) in [5, 5.41) is 7.18. The molecule has 126 valence electrons. The molecule has 0 aliphatic rings. The van der Waals surface area contributed by atoms with Gasteiger partial charge in [0.05, 0.1) is 11.0 Å². The quantitative estimate of drug-likeness (QED) is 0.692. The topological polar surface area (TPSA) is 58.2 Å². The van der Waals surface area contributed by atoms with Crippen molar-refractivity contribution in [3.8, 4) is 0 Å². The van der Waals surface area contributed by atoms with Crippen LogP contribution in [0.25, 0.3) is 10.8 Å². The van der Waals surface area contributed by atoms with Crippen molar-refractivity contribution in [2.24, 2.45) is 0 Å². The van der Waals surface area contributed by atoms with Gasteiger partial charge in [0, 0.05) is 16.6 Å². The van der Waals surface area contributed by atoms with Crippen molar-refractivity contribution < 1.29 is 14.0 Å². The Bertz CT molecular complexity index is 954. The van der Waals surface area contributed by atoms with Crippen molar-refractivity contribution in [3.63, 3.8) is 0 Å². The predicted octanol–water partition coefficient (Wildman–Crippen LogP) is 4.11. The highest BCUT2D eigenvalue weighted by molar-refractivity contribution is 9.10. The molecule has 0 radical (unpaired) electrons. The molecule has 4 nitrogen and oxygen atoms in total. The van der Waals surface area contributed by atoms with Gasteiger partial charge < -0.3 is 10.6 Å². The van der Waals surface area contributed by atoms with E-state index in [1.165, 1.54) is 12.1 Å². The molecule has 25 heavy (non-hydrogen) atoms. The second kappa shape index (κ2) is 7.44. The lowest BCUT2D eigenvalue weighted by Crippen LogP contribution is -2.32. The van der Waals surface area contributed by atoms with Crippen molar-refractivity contribution in [2.75, 3.05) is 11.9 Å². The molecule has 0 saturated heterocycles. The highest BCUT2D eigenvalue weighted by Crippen LogP contribution is 2.22. The molecule has 0 saturated carbocycles. The van der Waals surface area contributed by atoms with Crippen molar-refractivity contribution in [1.29, 1.82) is 0 Å². The molecular formula is C19H14BrFN2O2. The van der Waals surface area contributed by atoms with Crippen molar-refractivity contribution >= 4 is 44.2 Å². The number of halogens is 2.